The van der Waals surface area contributed by atoms with Crippen LogP contribution in [0.15, 0.2) is 56.9 Å². The van der Waals surface area contributed by atoms with E-state index in [2.05, 4.69) is 25.9 Å². The first-order valence-electron chi connectivity index (χ1n) is 6.07. The van der Waals surface area contributed by atoms with E-state index in [4.69, 9.17) is 23.2 Å². The van der Waals surface area contributed by atoms with E-state index in [0.29, 0.717) is 21.3 Å². The number of hydrogen-bond donors (Lipinski definition) is 1. The van der Waals surface area contributed by atoms with E-state index in [9.17, 15) is 8.42 Å². The van der Waals surface area contributed by atoms with Crippen LogP contribution in [0.3, 0.4) is 0 Å². The number of nitrogens with one attached hydrogen (secondary N) is 1. The summed E-state index contributed by atoms with van der Waals surface area (Å²) < 4.78 is 25.0. The van der Waals surface area contributed by atoms with Crippen LogP contribution < -0.4 is 4.83 Å². The Bertz CT molecular complexity index is 821. The van der Waals surface area contributed by atoms with E-state index in [1.54, 1.807) is 37.3 Å². The molecule has 0 saturated carbocycles. The van der Waals surface area contributed by atoms with Crippen molar-refractivity contribution in [3.05, 3.63) is 62.5 Å². The number of benzene rings is 2. The van der Waals surface area contributed by atoms with E-state index in [1.807, 2.05) is 0 Å². The van der Waals surface area contributed by atoms with Crippen molar-refractivity contribution in [1.29, 1.82) is 0 Å². The fourth-order valence-electron chi connectivity index (χ4n) is 1.58. The lowest BCUT2D eigenvalue weighted by Gasteiger charge is -2.06. The Hall–Kier alpha value is -1.08. The molecule has 1 N–H and O–H groups in total. The molecule has 2 aromatic carbocycles. The van der Waals surface area contributed by atoms with Crippen LogP contribution in [0.25, 0.3) is 0 Å². The molecule has 4 nitrogen and oxygen atoms in total. The smallest absolute Gasteiger partial charge is 0.200 e. The second kappa shape index (κ2) is 7.00. The predicted molar refractivity (Wildman–Crippen MR) is 93.1 cm³/mol. The van der Waals surface area contributed by atoms with Gasteiger partial charge in [-0.05, 0) is 48.9 Å². The second-order valence-electron chi connectivity index (χ2n) is 4.37. The van der Waals surface area contributed by atoms with Crippen LogP contribution >= 0.6 is 39.1 Å². The van der Waals surface area contributed by atoms with Crippen molar-refractivity contribution in [2.45, 2.75) is 11.8 Å². The summed E-state index contributed by atoms with van der Waals surface area (Å²) in [6.45, 7) is 1.67. The Morgan fingerprint density at radius 2 is 1.73 bits per heavy atom. The fourth-order valence-corrected chi connectivity index (χ4v) is 3.00. The summed E-state index contributed by atoms with van der Waals surface area (Å²) in [5.41, 5.74) is 1.15. The molecule has 8 heteroatoms. The van der Waals surface area contributed by atoms with Crippen LogP contribution in [-0.4, -0.2) is 14.1 Å². The van der Waals surface area contributed by atoms with Gasteiger partial charge in [0.25, 0.3) is 10.0 Å². The molecule has 0 aliphatic heterocycles. The van der Waals surface area contributed by atoms with Gasteiger partial charge in [0.2, 0.25) is 0 Å². The summed E-state index contributed by atoms with van der Waals surface area (Å²) in [4.78, 5) is 2.32. The zero-order valence-corrected chi connectivity index (χ0v) is 15.3. The minimum absolute atomic E-state index is 0.126. The summed E-state index contributed by atoms with van der Waals surface area (Å²) >= 11 is 15.0. The van der Waals surface area contributed by atoms with Crippen LogP contribution in [0, 0.1) is 0 Å². The van der Waals surface area contributed by atoms with E-state index >= 15 is 0 Å². The summed E-state index contributed by atoms with van der Waals surface area (Å²) in [6.07, 6.45) is 0. The standard InChI is InChI=1S/C14H11BrCl2N2O2S/c1-9(10-2-7-13(16)14(17)8-10)18-19-22(20,21)12-5-3-11(15)4-6-12/h2-8,19H,1H3. The number of sulfonamides is 1. The third-order valence-electron chi connectivity index (χ3n) is 2.79. The van der Waals surface area contributed by atoms with E-state index < -0.39 is 10.0 Å². The monoisotopic (exact) mass is 420 g/mol. The maximum atomic E-state index is 12.1. The molecule has 0 saturated heterocycles. The maximum absolute atomic E-state index is 12.1. The number of nitrogens with zero attached hydrogens (tertiary/aromatic N) is 1. The van der Waals surface area contributed by atoms with Gasteiger partial charge in [-0.1, -0.05) is 45.2 Å². The number of hydrazone groups is 1. The van der Waals surface area contributed by atoms with Gasteiger partial charge in [0.05, 0.1) is 20.7 Å². The van der Waals surface area contributed by atoms with Crippen LogP contribution in [0.5, 0.6) is 0 Å². The zero-order chi connectivity index (χ0) is 16.3. The maximum Gasteiger partial charge on any atom is 0.276 e. The van der Waals surface area contributed by atoms with Crippen molar-refractivity contribution < 1.29 is 8.42 Å². The highest BCUT2D eigenvalue weighted by Gasteiger charge is 2.13. The van der Waals surface area contributed by atoms with Gasteiger partial charge in [-0.2, -0.15) is 18.4 Å². The molecule has 0 unspecified atom stereocenters. The first-order valence-corrected chi connectivity index (χ1v) is 9.10. The van der Waals surface area contributed by atoms with Gasteiger partial charge in [0.1, 0.15) is 0 Å². The zero-order valence-electron chi connectivity index (χ0n) is 11.3. The van der Waals surface area contributed by atoms with Crippen molar-refractivity contribution in [2.75, 3.05) is 0 Å². The number of rotatable bonds is 4. The Labute approximate surface area is 147 Å². The molecular weight excluding hydrogens is 411 g/mol. The molecule has 0 aliphatic rings. The molecule has 0 amide bonds. The Morgan fingerprint density at radius 3 is 2.32 bits per heavy atom. The van der Waals surface area contributed by atoms with E-state index in [0.717, 1.165) is 4.47 Å². The minimum Gasteiger partial charge on any atom is -0.200 e. The van der Waals surface area contributed by atoms with Crippen LogP contribution in [0.2, 0.25) is 10.0 Å². The molecule has 0 heterocycles. The van der Waals surface area contributed by atoms with Crippen molar-refractivity contribution >= 4 is 54.9 Å². The molecule has 0 atom stereocenters. The van der Waals surface area contributed by atoms with Crippen LogP contribution in [0.1, 0.15) is 12.5 Å². The molecule has 22 heavy (non-hydrogen) atoms. The van der Waals surface area contributed by atoms with Crippen molar-refractivity contribution in [2.24, 2.45) is 5.10 Å². The lowest BCUT2D eigenvalue weighted by Crippen LogP contribution is -2.19. The van der Waals surface area contributed by atoms with Gasteiger partial charge in [0, 0.05) is 4.47 Å². The van der Waals surface area contributed by atoms with Crippen molar-refractivity contribution in [3.63, 3.8) is 0 Å². The van der Waals surface area contributed by atoms with E-state index in [1.165, 1.54) is 12.1 Å². The van der Waals surface area contributed by atoms with Crippen LogP contribution in [-0.2, 0) is 10.0 Å². The van der Waals surface area contributed by atoms with E-state index in [-0.39, 0.29) is 4.90 Å². The molecule has 0 spiro atoms. The topological polar surface area (TPSA) is 58.5 Å². The third-order valence-corrected chi connectivity index (χ3v) is 5.29. The molecule has 116 valence electrons. The first-order chi connectivity index (χ1) is 10.3. The summed E-state index contributed by atoms with van der Waals surface area (Å²) in [5, 5.41) is 4.70. The minimum atomic E-state index is -3.72. The number of hydrogen-bond acceptors (Lipinski definition) is 3. The SMILES string of the molecule is CC(=NNS(=O)(=O)c1ccc(Br)cc1)c1ccc(Cl)c(Cl)c1. The lowest BCUT2D eigenvalue weighted by molar-refractivity contribution is 0.584. The quantitative estimate of drug-likeness (QED) is 0.585. The van der Waals surface area contributed by atoms with Gasteiger partial charge < -0.3 is 0 Å². The average molecular weight is 422 g/mol. The average Bonchev–Trinajstić information content (AvgIpc) is 2.48. The second-order valence-corrected chi connectivity index (χ2v) is 7.77. The molecule has 0 aliphatic carbocycles. The van der Waals surface area contributed by atoms with Crippen molar-refractivity contribution in [1.82, 2.24) is 4.83 Å². The first kappa shape index (κ1) is 17.3. The Balaban J connectivity index is 2.22. The molecule has 0 bridgehead atoms. The molecule has 0 fully saturated rings. The molecule has 2 aromatic rings. The summed E-state index contributed by atoms with van der Waals surface area (Å²) in [6, 6.07) is 11.2. The van der Waals surface area contributed by atoms with Crippen molar-refractivity contribution in [3.8, 4) is 0 Å². The summed E-state index contributed by atoms with van der Waals surface area (Å²) in [7, 11) is -3.72. The Morgan fingerprint density at radius 1 is 1.09 bits per heavy atom. The van der Waals surface area contributed by atoms with Crippen LogP contribution in [0.4, 0.5) is 0 Å². The van der Waals surface area contributed by atoms with Gasteiger partial charge in [-0.15, -0.1) is 0 Å². The molecular formula is C14H11BrCl2N2O2S. The Kier molecular flexibility index (Phi) is 5.50. The van der Waals surface area contributed by atoms with Gasteiger partial charge in [-0.3, -0.25) is 0 Å². The fraction of sp³-hybridized carbons (Fsp3) is 0.0714. The highest BCUT2D eigenvalue weighted by molar-refractivity contribution is 9.10. The molecule has 0 aromatic heterocycles. The lowest BCUT2D eigenvalue weighted by atomic mass is 10.1. The summed E-state index contributed by atoms with van der Waals surface area (Å²) in [5.74, 6) is 0. The normalized spacial score (nSPS) is 12.3. The molecule has 2 rings (SSSR count). The van der Waals surface area contributed by atoms with Gasteiger partial charge in [-0.25, -0.2) is 0 Å². The van der Waals surface area contributed by atoms with Gasteiger partial charge in [0.15, 0.2) is 0 Å². The predicted octanol–water partition coefficient (Wildman–Crippen LogP) is 4.46. The highest BCUT2D eigenvalue weighted by atomic mass is 79.9. The van der Waals surface area contributed by atoms with Gasteiger partial charge >= 0.3 is 0 Å². The molecule has 0 radical (unpaired) electrons. The third kappa shape index (κ3) is 4.23. The largest absolute Gasteiger partial charge is 0.276 e. The highest BCUT2D eigenvalue weighted by Crippen LogP contribution is 2.23. The number of halogens is 3.